The minimum Gasteiger partial charge on any atom is -0.388 e. The van der Waals surface area contributed by atoms with Crippen molar-refractivity contribution in [3.63, 3.8) is 0 Å². The van der Waals surface area contributed by atoms with Gasteiger partial charge in [-0.3, -0.25) is 0 Å². The summed E-state index contributed by atoms with van der Waals surface area (Å²) in [5, 5.41) is 18.9. The zero-order valence-electron chi connectivity index (χ0n) is 7.66. The third kappa shape index (κ3) is 3.76. The van der Waals surface area contributed by atoms with Crippen molar-refractivity contribution in [3.05, 3.63) is 0 Å². The molecule has 3 nitrogen and oxygen atoms in total. The Balaban J connectivity index is 3.99. The zero-order chi connectivity index (χ0) is 9.61. The SMILES string of the molecule is CCOC(O)(CCCS)C(C)O. The fraction of sp³-hybridized carbons (Fsp3) is 1.00. The van der Waals surface area contributed by atoms with Crippen molar-refractivity contribution in [1.29, 1.82) is 0 Å². The molecule has 74 valence electrons. The first kappa shape index (κ1) is 12.2. The van der Waals surface area contributed by atoms with Crippen LogP contribution in [0.1, 0.15) is 26.7 Å². The lowest BCUT2D eigenvalue weighted by Gasteiger charge is -2.30. The zero-order valence-corrected chi connectivity index (χ0v) is 8.55. The van der Waals surface area contributed by atoms with Gasteiger partial charge in [0.15, 0.2) is 5.79 Å². The highest BCUT2D eigenvalue weighted by atomic mass is 32.1. The Labute approximate surface area is 79.2 Å². The first-order valence-corrected chi connectivity index (χ1v) is 4.85. The van der Waals surface area contributed by atoms with Gasteiger partial charge >= 0.3 is 0 Å². The van der Waals surface area contributed by atoms with E-state index in [-0.39, 0.29) is 0 Å². The van der Waals surface area contributed by atoms with Crippen molar-refractivity contribution in [1.82, 2.24) is 0 Å². The summed E-state index contributed by atoms with van der Waals surface area (Å²) in [6.07, 6.45) is 0.282. The van der Waals surface area contributed by atoms with Crippen molar-refractivity contribution in [3.8, 4) is 0 Å². The van der Waals surface area contributed by atoms with Crippen LogP contribution in [0.2, 0.25) is 0 Å². The van der Waals surface area contributed by atoms with Gasteiger partial charge in [-0.2, -0.15) is 12.6 Å². The van der Waals surface area contributed by atoms with Crippen LogP contribution in [0.4, 0.5) is 0 Å². The maximum atomic E-state index is 9.71. The highest BCUT2D eigenvalue weighted by Gasteiger charge is 2.32. The lowest BCUT2D eigenvalue weighted by molar-refractivity contribution is -0.253. The molecule has 0 aliphatic carbocycles. The predicted molar refractivity (Wildman–Crippen MR) is 51.3 cm³/mol. The van der Waals surface area contributed by atoms with E-state index in [1.807, 2.05) is 0 Å². The minimum atomic E-state index is -1.39. The molecule has 2 N–H and O–H groups in total. The van der Waals surface area contributed by atoms with E-state index >= 15 is 0 Å². The lowest BCUT2D eigenvalue weighted by atomic mass is 10.1. The van der Waals surface area contributed by atoms with E-state index in [0.29, 0.717) is 18.8 Å². The summed E-state index contributed by atoms with van der Waals surface area (Å²) in [5.74, 6) is -0.709. The highest BCUT2D eigenvalue weighted by molar-refractivity contribution is 7.80. The number of aliphatic hydroxyl groups excluding tert-OH is 1. The molecule has 0 spiro atoms. The van der Waals surface area contributed by atoms with Crippen LogP contribution in [0.5, 0.6) is 0 Å². The molecule has 0 bridgehead atoms. The van der Waals surface area contributed by atoms with Gasteiger partial charge in [0.25, 0.3) is 0 Å². The lowest BCUT2D eigenvalue weighted by Crippen LogP contribution is -2.43. The number of hydrogen-bond acceptors (Lipinski definition) is 4. The van der Waals surface area contributed by atoms with Crippen molar-refractivity contribution in [2.45, 2.75) is 38.6 Å². The molecule has 0 aliphatic heterocycles. The topological polar surface area (TPSA) is 49.7 Å². The molecule has 0 rings (SSSR count). The van der Waals surface area contributed by atoms with Crippen LogP contribution in [0.25, 0.3) is 0 Å². The maximum absolute atomic E-state index is 9.71. The number of aliphatic hydroxyl groups is 2. The fourth-order valence-electron chi connectivity index (χ4n) is 0.984. The summed E-state index contributed by atoms with van der Waals surface area (Å²) in [6, 6.07) is 0. The van der Waals surface area contributed by atoms with Gasteiger partial charge in [0.1, 0.15) is 6.10 Å². The Kier molecular flexibility index (Phi) is 5.92. The summed E-state index contributed by atoms with van der Waals surface area (Å²) in [5.41, 5.74) is 0. The molecule has 0 fully saturated rings. The molecule has 12 heavy (non-hydrogen) atoms. The molecule has 0 aliphatic rings. The maximum Gasteiger partial charge on any atom is 0.191 e. The van der Waals surface area contributed by atoms with E-state index < -0.39 is 11.9 Å². The van der Waals surface area contributed by atoms with E-state index in [9.17, 15) is 10.2 Å². The number of ether oxygens (including phenoxy) is 1. The Hall–Kier alpha value is 0.230. The largest absolute Gasteiger partial charge is 0.388 e. The monoisotopic (exact) mass is 194 g/mol. The third-order valence-corrected chi connectivity index (χ3v) is 2.06. The van der Waals surface area contributed by atoms with Gasteiger partial charge in [0.2, 0.25) is 0 Å². The highest BCUT2D eigenvalue weighted by Crippen LogP contribution is 2.19. The second kappa shape index (κ2) is 5.80. The summed E-state index contributed by atoms with van der Waals surface area (Å²) >= 11 is 4.02. The quantitative estimate of drug-likeness (QED) is 0.433. The third-order valence-electron chi connectivity index (χ3n) is 1.74. The normalized spacial score (nSPS) is 18.8. The molecule has 0 radical (unpaired) electrons. The summed E-state index contributed by atoms with van der Waals surface area (Å²) in [7, 11) is 0. The van der Waals surface area contributed by atoms with Crippen LogP contribution >= 0.6 is 12.6 Å². The molecule has 4 heteroatoms. The van der Waals surface area contributed by atoms with Crippen molar-refractivity contribution in [2.75, 3.05) is 12.4 Å². The van der Waals surface area contributed by atoms with Crippen LogP contribution in [0.15, 0.2) is 0 Å². The molecule has 0 saturated carbocycles. The second-order valence-corrected chi connectivity index (χ2v) is 3.23. The predicted octanol–water partition coefficient (Wildman–Crippen LogP) is 0.802. The van der Waals surface area contributed by atoms with Gasteiger partial charge in [0, 0.05) is 13.0 Å². The van der Waals surface area contributed by atoms with Crippen molar-refractivity contribution < 1.29 is 14.9 Å². The Morgan fingerprint density at radius 1 is 1.58 bits per heavy atom. The summed E-state index contributed by atoms with van der Waals surface area (Å²) in [6.45, 7) is 3.70. The molecule has 0 aromatic heterocycles. The first-order chi connectivity index (χ1) is 5.56. The van der Waals surface area contributed by atoms with Crippen LogP contribution in [0, 0.1) is 0 Å². The molecule has 2 atom stereocenters. The fourth-order valence-corrected chi connectivity index (χ4v) is 1.14. The number of rotatable bonds is 6. The van der Waals surface area contributed by atoms with Crippen molar-refractivity contribution in [2.24, 2.45) is 0 Å². The Morgan fingerprint density at radius 2 is 2.17 bits per heavy atom. The molecular weight excluding hydrogens is 176 g/mol. The molecule has 0 saturated heterocycles. The molecule has 2 unspecified atom stereocenters. The van der Waals surface area contributed by atoms with Crippen LogP contribution in [-0.2, 0) is 4.74 Å². The molecule has 0 aromatic carbocycles. The van der Waals surface area contributed by atoms with Gasteiger partial charge in [-0.15, -0.1) is 0 Å². The van der Waals surface area contributed by atoms with E-state index in [4.69, 9.17) is 4.74 Å². The molecular formula is C8H18O3S. The Morgan fingerprint density at radius 3 is 2.50 bits per heavy atom. The van der Waals surface area contributed by atoms with Gasteiger partial charge in [0.05, 0.1) is 0 Å². The average Bonchev–Trinajstić information content (AvgIpc) is 2.01. The van der Waals surface area contributed by atoms with Gasteiger partial charge in [-0.25, -0.2) is 0 Å². The smallest absolute Gasteiger partial charge is 0.191 e. The standard InChI is InChI=1S/C8H18O3S/c1-3-11-8(10,7(2)9)5-4-6-12/h7,9-10,12H,3-6H2,1-2H3. The van der Waals surface area contributed by atoms with Gasteiger partial charge in [-0.1, -0.05) is 0 Å². The van der Waals surface area contributed by atoms with Crippen LogP contribution in [-0.4, -0.2) is 34.5 Å². The van der Waals surface area contributed by atoms with E-state index in [0.717, 1.165) is 6.42 Å². The Bertz CT molecular complexity index is 119. The minimum absolute atomic E-state index is 0.397. The molecule has 0 aromatic rings. The van der Waals surface area contributed by atoms with Crippen LogP contribution in [0.3, 0.4) is 0 Å². The van der Waals surface area contributed by atoms with Gasteiger partial charge in [-0.05, 0) is 26.0 Å². The number of thiol groups is 1. The molecule has 0 amide bonds. The summed E-state index contributed by atoms with van der Waals surface area (Å²) < 4.78 is 5.06. The van der Waals surface area contributed by atoms with E-state index in [1.165, 1.54) is 6.92 Å². The summed E-state index contributed by atoms with van der Waals surface area (Å²) in [4.78, 5) is 0. The van der Waals surface area contributed by atoms with Gasteiger partial charge < -0.3 is 14.9 Å². The van der Waals surface area contributed by atoms with E-state index in [1.54, 1.807) is 6.92 Å². The average molecular weight is 194 g/mol. The number of hydrogen-bond donors (Lipinski definition) is 3. The van der Waals surface area contributed by atoms with E-state index in [2.05, 4.69) is 12.6 Å². The molecule has 0 heterocycles. The second-order valence-electron chi connectivity index (χ2n) is 2.78. The first-order valence-electron chi connectivity index (χ1n) is 4.22. The van der Waals surface area contributed by atoms with Crippen molar-refractivity contribution >= 4 is 12.6 Å². The van der Waals surface area contributed by atoms with Crippen LogP contribution < -0.4 is 0 Å².